The summed E-state index contributed by atoms with van der Waals surface area (Å²) in [5.74, 6) is 0.775. The number of amides is 1. The Morgan fingerprint density at radius 3 is 2.71 bits per heavy atom. The maximum absolute atomic E-state index is 12.1. The van der Waals surface area contributed by atoms with E-state index in [2.05, 4.69) is 20.7 Å². The van der Waals surface area contributed by atoms with Crippen LogP contribution in [0.25, 0.3) is 0 Å². The average molecular weight is 349 g/mol. The van der Waals surface area contributed by atoms with Gasteiger partial charge >= 0.3 is 0 Å². The van der Waals surface area contributed by atoms with Crippen LogP contribution in [-0.4, -0.2) is 29.1 Å². The summed E-state index contributed by atoms with van der Waals surface area (Å²) in [5, 5.41) is 11.2. The Bertz CT molecular complexity index is 808. The third kappa shape index (κ3) is 3.35. The minimum Gasteiger partial charge on any atom is -0.454 e. The zero-order valence-electron chi connectivity index (χ0n) is 13.5. The molecule has 0 atom stereocenters. The Labute approximate surface area is 144 Å². The number of H-pyrrole nitrogens is 1. The number of hydrazone groups is 1. The van der Waals surface area contributed by atoms with Crippen molar-refractivity contribution >= 4 is 23.7 Å². The van der Waals surface area contributed by atoms with Crippen LogP contribution < -0.4 is 14.9 Å². The molecule has 8 heteroatoms. The lowest BCUT2D eigenvalue weighted by molar-refractivity contribution is 0.0950. The van der Waals surface area contributed by atoms with Gasteiger partial charge in [-0.1, -0.05) is 32.4 Å². The number of aromatic amines is 1. The summed E-state index contributed by atoms with van der Waals surface area (Å²) in [6.45, 7) is 6.25. The van der Waals surface area contributed by atoms with Crippen LogP contribution in [0.15, 0.2) is 23.3 Å². The van der Waals surface area contributed by atoms with E-state index in [-0.39, 0.29) is 17.9 Å². The highest BCUT2D eigenvalue weighted by Gasteiger charge is 2.19. The van der Waals surface area contributed by atoms with Crippen molar-refractivity contribution in [1.29, 1.82) is 0 Å². The van der Waals surface area contributed by atoms with E-state index in [0.717, 1.165) is 5.69 Å². The number of ether oxygens (including phenoxy) is 2. The van der Waals surface area contributed by atoms with E-state index in [1.165, 1.54) is 6.21 Å². The van der Waals surface area contributed by atoms with Gasteiger partial charge in [0.15, 0.2) is 17.2 Å². The van der Waals surface area contributed by atoms with E-state index in [9.17, 15) is 4.79 Å². The van der Waals surface area contributed by atoms with Crippen molar-refractivity contribution in [3.05, 3.63) is 40.2 Å². The lowest BCUT2D eigenvalue weighted by Gasteiger charge is -2.14. The van der Waals surface area contributed by atoms with Crippen LogP contribution in [-0.2, 0) is 5.41 Å². The third-order valence-corrected chi connectivity index (χ3v) is 3.81. The van der Waals surface area contributed by atoms with Crippen molar-refractivity contribution in [2.45, 2.75) is 26.2 Å². The molecule has 3 rings (SSSR count). The van der Waals surface area contributed by atoms with Crippen LogP contribution in [0.3, 0.4) is 0 Å². The SMILES string of the molecule is CC(C)(C)c1cc(C(=O)NN=Cc2cc3c(cc2Cl)OCO3)n[nH]1. The number of carbonyl (C=O) groups is 1. The van der Waals surface area contributed by atoms with E-state index >= 15 is 0 Å². The number of fused-ring (bicyclic) bond motifs is 1. The zero-order chi connectivity index (χ0) is 17.3. The largest absolute Gasteiger partial charge is 0.454 e. The molecule has 126 valence electrons. The number of benzene rings is 1. The molecule has 0 fully saturated rings. The van der Waals surface area contributed by atoms with Crippen LogP contribution >= 0.6 is 11.6 Å². The van der Waals surface area contributed by atoms with Crippen LogP contribution in [0.5, 0.6) is 11.5 Å². The van der Waals surface area contributed by atoms with Crippen LogP contribution in [0.1, 0.15) is 42.5 Å². The maximum Gasteiger partial charge on any atom is 0.291 e. The Hall–Kier alpha value is -2.54. The molecular weight excluding hydrogens is 332 g/mol. The minimum atomic E-state index is -0.408. The lowest BCUT2D eigenvalue weighted by atomic mass is 9.92. The first-order valence-corrected chi connectivity index (χ1v) is 7.71. The van der Waals surface area contributed by atoms with E-state index in [1.807, 2.05) is 20.8 Å². The first-order valence-electron chi connectivity index (χ1n) is 7.33. The molecule has 2 N–H and O–H groups in total. The fraction of sp³-hybridized carbons (Fsp3) is 0.312. The monoisotopic (exact) mass is 348 g/mol. The average Bonchev–Trinajstić information content (AvgIpc) is 3.15. The zero-order valence-corrected chi connectivity index (χ0v) is 14.3. The predicted octanol–water partition coefficient (Wildman–Crippen LogP) is 2.85. The van der Waals surface area contributed by atoms with Gasteiger partial charge in [-0.25, -0.2) is 5.43 Å². The highest BCUT2D eigenvalue weighted by atomic mass is 35.5. The van der Waals surface area contributed by atoms with Gasteiger partial charge < -0.3 is 9.47 Å². The maximum atomic E-state index is 12.1. The summed E-state index contributed by atoms with van der Waals surface area (Å²) in [5.41, 5.74) is 4.06. The Morgan fingerprint density at radius 1 is 1.33 bits per heavy atom. The van der Waals surface area contributed by atoms with Crippen molar-refractivity contribution in [3.63, 3.8) is 0 Å². The molecule has 0 bridgehead atoms. The molecule has 1 aromatic heterocycles. The summed E-state index contributed by atoms with van der Waals surface area (Å²) in [6, 6.07) is 5.06. The van der Waals surface area contributed by atoms with Gasteiger partial charge in [0.2, 0.25) is 6.79 Å². The molecule has 2 heterocycles. The topological polar surface area (TPSA) is 88.6 Å². The van der Waals surface area contributed by atoms with Crippen LogP contribution in [0.2, 0.25) is 5.02 Å². The van der Waals surface area contributed by atoms with E-state index in [0.29, 0.717) is 22.1 Å². The molecule has 7 nitrogen and oxygen atoms in total. The second-order valence-corrected chi connectivity index (χ2v) is 6.75. The van der Waals surface area contributed by atoms with Crippen LogP contribution in [0.4, 0.5) is 0 Å². The molecule has 2 aromatic rings. The normalized spacial score (nSPS) is 13.5. The molecule has 1 amide bonds. The predicted molar refractivity (Wildman–Crippen MR) is 89.9 cm³/mol. The molecule has 0 spiro atoms. The Kier molecular flexibility index (Phi) is 4.19. The molecule has 1 aliphatic heterocycles. The molecular formula is C16H17ClN4O3. The third-order valence-electron chi connectivity index (χ3n) is 3.48. The summed E-state index contributed by atoms with van der Waals surface area (Å²) >= 11 is 6.14. The van der Waals surface area contributed by atoms with Gasteiger partial charge in [0.1, 0.15) is 0 Å². The van der Waals surface area contributed by atoms with Gasteiger partial charge in [-0.2, -0.15) is 10.2 Å². The number of aromatic nitrogens is 2. The second kappa shape index (κ2) is 6.16. The number of hydrogen-bond acceptors (Lipinski definition) is 5. The van der Waals surface area contributed by atoms with Crippen molar-refractivity contribution < 1.29 is 14.3 Å². The first-order chi connectivity index (χ1) is 11.3. The standard InChI is InChI=1S/C16H17ClN4O3/c1-16(2,3)14-6-11(19-20-14)15(22)21-18-7-9-4-12-13(5-10(9)17)24-8-23-12/h4-7H,8H2,1-3H3,(H,19,20)(H,21,22). The lowest BCUT2D eigenvalue weighted by Crippen LogP contribution is -2.18. The smallest absolute Gasteiger partial charge is 0.291 e. The molecule has 0 saturated heterocycles. The fourth-order valence-corrected chi connectivity index (χ4v) is 2.27. The number of nitrogens with one attached hydrogen (secondary N) is 2. The number of hydrogen-bond donors (Lipinski definition) is 2. The summed E-state index contributed by atoms with van der Waals surface area (Å²) in [7, 11) is 0. The number of rotatable bonds is 3. The van der Waals surface area contributed by atoms with Crippen molar-refractivity contribution in [3.8, 4) is 11.5 Å². The van der Waals surface area contributed by atoms with Gasteiger partial charge in [-0.3, -0.25) is 9.89 Å². The molecule has 0 saturated carbocycles. The molecule has 24 heavy (non-hydrogen) atoms. The summed E-state index contributed by atoms with van der Waals surface area (Å²) < 4.78 is 10.5. The van der Waals surface area contributed by atoms with Gasteiger partial charge in [0.25, 0.3) is 5.91 Å². The quantitative estimate of drug-likeness (QED) is 0.659. The minimum absolute atomic E-state index is 0.116. The number of halogens is 1. The highest BCUT2D eigenvalue weighted by molar-refractivity contribution is 6.33. The second-order valence-electron chi connectivity index (χ2n) is 6.34. The number of nitrogens with zero attached hydrogens (tertiary/aromatic N) is 2. The van der Waals surface area contributed by atoms with Gasteiger partial charge in [0.05, 0.1) is 11.2 Å². The molecule has 0 aliphatic carbocycles. The Morgan fingerprint density at radius 2 is 2.04 bits per heavy atom. The van der Waals surface area contributed by atoms with Crippen molar-refractivity contribution in [2.24, 2.45) is 5.10 Å². The molecule has 0 unspecified atom stereocenters. The van der Waals surface area contributed by atoms with Crippen molar-refractivity contribution in [1.82, 2.24) is 15.6 Å². The van der Waals surface area contributed by atoms with E-state index in [4.69, 9.17) is 21.1 Å². The summed E-state index contributed by atoms with van der Waals surface area (Å²) in [6.07, 6.45) is 1.44. The fourth-order valence-electron chi connectivity index (χ4n) is 2.07. The Balaban J connectivity index is 1.68. The van der Waals surface area contributed by atoms with E-state index in [1.54, 1.807) is 18.2 Å². The van der Waals surface area contributed by atoms with Gasteiger partial charge in [0, 0.05) is 22.7 Å². The van der Waals surface area contributed by atoms with Crippen LogP contribution in [0, 0.1) is 0 Å². The highest BCUT2D eigenvalue weighted by Crippen LogP contribution is 2.36. The van der Waals surface area contributed by atoms with Gasteiger partial charge in [-0.15, -0.1) is 0 Å². The van der Waals surface area contributed by atoms with E-state index < -0.39 is 5.91 Å². The molecule has 0 radical (unpaired) electrons. The molecule has 1 aliphatic rings. The van der Waals surface area contributed by atoms with Gasteiger partial charge in [-0.05, 0) is 12.1 Å². The first kappa shape index (κ1) is 16.3. The number of carbonyl (C=O) groups excluding carboxylic acids is 1. The van der Waals surface area contributed by atoms with Crippen molar-refractivity contribution in [2.75, 3.05) is 6.79 Å². The summed E-state index contributed by atoms with van der Waals surface area (Å²) in [4.78, 5) is 12.1. The molecule has 1 aromatic carbocycles.